The van der Waals surface area contributed by atoms with Crippen LogP contribution >= 0.6 is 35.0 Å². The minimum atomic E-state index is 0.706. The smallest absolute Gasteiger partial charge is 0.204 e. The summed E-state index contributed by atoms with van der Waals surface area (Å²) in [6.07, 6.45) is 0. The van der Waals surface area contributed by atoms with Crippen molar-refractivity contribution in [2.24, 2.45) is 0 Å². The Hall–Kier alpha value is -0.640. The summed E-state index contributed by atoms with van der Waals surface area (Å²) in [5, 5.41) is 1.45. The molecule has 1 aromatic heterocycles. The molecule has 5 heteroatoms. The molecule has 2 aromatic rings. The molecule has 0 bridgehead atoms. The molecule has 0 unspecified atom stereocenters. The number of aromatic nitrogens is 1. The van der Waals surface area contributed by atoms with Crippen LogP contribution in [0, 0.1) is 13.8 Å². The van der Waals surface area contributed by atoms with Gasteiger partial charge in [-0.2, -0.15) is 0 Å². The monoisotopic (exact) mass is 301 g/mol. The van der Waals surface area contributed by atoms with E-state index in [2.05, 4.69) is 4.98 Å². The molecule has 0 saturated carbocycles. The van der Waals surface area contributed by atoms with Crippen LogP contribution in [0.2, 0.25) is 10.0 Å². The van der Waals surface area contributed by atoms with Crippen LogP contribution in [0.15, 0.2) is 22.6 Å². The summed E-state index contributed by atoms with van der Waals surface area (Å²) in [7, 11) is 0. The highest BCUT2D eigenvalue weighted by Gasteiger charge is 2.07. The molecule has 2 nitrogen and oxygen atoms in total. The molecule has 0 aliphatic rings. The molecule has 0 aliphatic carbocycles. The summed E-state index contributed by atoms with van der Waals surface area (Å²) >= 11 is 13.7. The second-order valence-corrected chi connectivity index (χ2v) is 5.81. The minimum Gasteiger partial charge on any atom is -0.445 e. The van der Waals surface area contributed by atoms with E-state index in [1.807, 2.05) is 26.0 Å². The molecule has 0 atom stereocenters. The Labute approximate surface area is 121 Å². The zero-order chi connectivity index (χ0) is 13.1. The maximum Gasteiger partial charge on any atom is 0.204 e. The van der Waals surface area contributed by atoms with E-state index in [0.717, 1.165) is 39.4 Å². The van der Waals surface area contributed by atoms with Gasteiger partial charge in [-0.15, -0.1) is 11.8 Å². The highest BCUT2D eigenvalue weighted by molar-refractivity contribution is 7.97. The Balaban J connectivity index is 1.94. The molecular formula is C13H13Cl2NOS. The second kappa shape index (κ2) is 6.00. The summed E-state index contributed by atoms with van der Waals surface area (Å²) < 4.78 is 5.52. The van der Waals surface area contributed by atoms with Gasteiger partial charge in [-0.1, -0.05) is 23.2 Å². The molecular weight excluding hydrogens is 289 g/mol. The van der Waals surface area contributed by atoms with Gasteiger partial charge in [0, 0.05) is 15.8 Å². The first-order valence-corrected chi connectivity index (χ1v) is 7.42. The first-order chi connectivity index (χ1) is 8.56. The molecule has 0 spiro atoms. The van der Waals surface area contributed by atoms with Crippen LogP contribution in [0.25, 0.3) is 0 Å². The van der Waals surface area contributed by atoms with Gasteiger partial charge in [0.1, 0.15) is 5.76 Å². The Morgan fingerprint density at radius 3 is 2.67 bits per heavy atom. The molecule has 0 N–H and O–H groups in total. The van der Waals surface area contributed by atoms with Crippen LogP contribution < -0.4 is 0 Å². The standard InChI is InChI=1S/C13H13Cl2NOS/c1-8-9(2)17-13(16-8)7-18-6-10-5-11(14)3-4-12(10)15/h3-5H,6-7H2,1-2H3. The summed E-state index contributed by atoms with van der Waals surface area (Å²) in [6.45, 7) is 3.87. The zero-order valence-corrected chi connectivity index (χ0v) is 12.5. The van der Waals surface area contributed by atoms with Gasteiger partial charge < -0.3 is 4.42 Å². The Kier molecular flexibility index (Phi) is 4.60. The van der Waals surface area contributed by atoms with Crippen LogP contribution in [0.1, 0.15) is 22.9 Å². The lowest BCUT2D eigenvalue weighted by Gasteiger charge is -2.03. The first-order valence-electron chi connectivity index (χ1n) is 5.51. The summed E-state index contributed by atoms with van der Waals surface area (Å²) in [5.74, 6) is 3.16. The van der Waals surface area contributed by atoms with Crippen LogP contribution in [-0.2, 0) is 11.5 Å². The largest absolute Gasteiger partial charge is 0.445 e. The van der Waals surface area contributed by atoms with Crippen LogP contribution in [0.4, 0.5) is 0 Å². The Morgan fingerprint density at radius 2 is 2.00 bits per heavy atom. The quantitative estimate of drug-likeness (QED) is 0.792. The van der Waals surface area contributed by atoms with Gasteiger partial charge in [-0.05, 0) is 37.6 Å². The van der Waals surface area contributed by atoms with Gasteiger partial charge in [0.05, 0.1) is 11.4 Å². The van der Waals surface area contributed by atoms with E-state index in [1.54, 1.807) is 17.8 Å². The third-order valence-electron chi connectivity index (χ3n) is 2.56. The van der Waals surface area contributed by atoms with Gasteiger partial charge in [0.2, 0.25) is 5.89 Å². The van der Waals surface area contributed by atoms with Crippen molar-refractivity contribution in [1.82, 2.24) is 4.98 Å². The van der Waals surface area contributed by atoms with Crippen molar-refractivity contribution >= 4 is 35.0 Å². The summed E-state index contributed by atoms with van der Waals surface area (Å²) in [5.41, 5.74) is 1.99. The van der Waals surface area contributed by atoms with Gasteiger partial charge in [0.15, 0.2) is 0 Å². The van der Waals surface area contributed by atoms with Crippen LogP contribution in [0.5, 0.6) is 0 Å². The number of benzene rings is 1. The number of oxazole rings is 1. The number of hydrogen-bond acceptors (Lipinski definition) is 3. The Bertz CT molecular complexity index is 534. The lowest BCUT2D eigenvalue weighted by atomic mass is 10.2. The fourth-order valence-corrected chi connectivity index (χ4v) is 2.82. The van der Waals surface area contributed by atoms with Crippen LogP contribution in [0.3, 0.4) is 0 Å². The maximum absolute atomic E-state index is 6.10. The van der Waals surface area contributed by atoms with Gasteiger partial charge >= 0.3 is 0 Å². The third-order valence-corrected chi connectivity index (χ3v) is 4.13. The fraction of sp³-hybridized carbons (Fsp3) is 0.308. The van der Waals surface area contributed by atoms with E-state index in [9.17, 15) is 0 Å². The van der Waals surface area contributed by atoms with Crippen molar-refractivity contribution in [1.29, 1.82) is 0 Å². The van der Waals surface area contributed by atoms with E-state index < -0.39 is 0 Å². The molecule has 2 rings (SSSR count). The minimum absolute atomic E-state index is 0.706. The third kappa shape index (κ3) is 3.44. The lowest BCUT2D eigenvalue weighted by Crippen LogP contribution is -1.85. The van der Waals surface area contributed by atoms with Crippen molar-refractivity contribution in [3.8, 4) is 0 Å². The van der Waals surface area contributed by atoms with Crippen LogP contribution in [-0.4, -0.2) is 4.98 Å². The molecule has 1 heterocycles. The number of halogens is 2. The molecule has 0 aliphatic heterocycles. The van der Waals surface area contributed by atoms with Crippen molar-refractivity contribution in [3.63, 3.8) is 0 Å². The maximum atomic E-state index is 6.10. The summed E-state index contributed by atoms with van der Waals surface area (Å²) in [6, 6.07) is 5.50. The van der Waals surface area contributed by atoms with E-state index in [4.69, 9.17) is 27.6 Å². The lowest BCUT2D eigenvalue weighted by molar-refractivity contribution is 0.489. The molecule has 0 fully saturated rings. The zero-order valence-electron chi connectivity index (χ0n) is 10.2. The van der Waals surface area contributed by atoms with Crippen molar-refractivity contribution in [2.75, 3.05) is 0 Å². The summed E-state index contributed by atoms with van der Waals surface area (Å²) in [4.78, 5) is 4.33. The molecule has 96 valence electrons. The number of nitrogens with zero attached hydrogens (tertiary/aromatic N) is 1. The highest BCUT2D eigenvalue weighted by atomic mass is 35.5. The second-order valence-electron chi connectivity index (χ2n) is 3.98. The van der Waals surface area contributed by atoms with Crippen molar-refractivity contribution in [2.45, 2.75) is 25.4 Å². The molecule has 0 amide bonds. The van der Waals surface area contributed by atoms with Gasteiger partial charge in [-0.25, -0.2) is 4.98 Å². The average Bonchev–Trinajstić information content (AvgIpc) is 2.63. The number of hydrogen-bond donors (Lipinski definition) is 0. The highest BCUT2D eigenvalue weighted by Crippen LogP contribution is 2.26. The normalized spacial score (nSPS) is 10.9. The van der Waals surface area contributed by atoms with Crippen molar-refractivity contribution < 1.29 is 4.42 Å². The van der Waals surface area contributed by atoms with E-state index in [1.165, 1.54) is 0 Å². The molecule has 1 aromatic carbocycles. The predicted octanol–water partition coefficient (Wildman–Crippen LogP) is 5.03. The number of aryl methyl sites for hydroxylation is 2. The fourth-order valence-electron chi connectivity index (χ4n) is 1.50. The topological polar surface area (TPSA) is 26.0 Å². The van der Waals surface area contributed by atoms with E-state index >= 15 is 0 Å². The van der Waals surface area contributed by atoms with E-state index in [-0.39, 0.29) is 0 Å². The predicted molar refractivity (Wildman–Crippen MR) is 77.4 cm³/mol. The number of thioether (sulfide) groups is 1. The van der Waals surface area contributed by atoms with E-state index in [0.29, 0.717) is 5.02 Å². The molecule has 18 heavy (non-hydrogen) atoms. The number of rotatable bonds is 4. The van der Waals surface area contributed by atoms with Gasteiger partial charge in [0.25, 0.3) is 0 Å². The van der Waals surface area contributed by atoms with Gasteiger partial charge in [-0.3, -0.25) is 0 Å². The first kappa shape index (κ1) is 13.8. The van der Waals surface area contributed by atoms with Crippen molar-refractivity contribution in [3.05, 3.63) is 51.2 Å². The Morgan fingerprint density at radius 1 is 1.22 bits per heavy atom. The average molecular weight is 302 g/mol. The molecule has 0 saturated heterocycles. The SMILES string of the molecule is Cc1nc(CSCc2cc(Cl)ccc2Cl)oc1C. The molecule has 0 radical (unpaired) electrons.